The Morgan fingerprint density at radius 1 is 1.09 bits per heavy atom. The Morgan fingerprint density at radius 2 is 1.77 bits per heavy atom. The van der Waals surface area contributed by atoms with Crippen LogP contribution in [0, 0.1) is 0 Å². The van der Waals surface area contributed by atoms with Gasteiger partial charge in [-0.15, -0.1) is 0 Å². The van der Waals surface area contributed by atoms with Crippen LogP contribution in [0.2, 0.25) is 0 Å². The van der Waals surface area contributed by atoms with Crippen molar-refractivity contribution < 1.29 is 9.90 Å². The first-order chi connectivity index (χ1) is 10.6. The first-order valence-electron chi connectivity index (χ1n) is 6.75. The number of pyridine rings is 1. The third kappa shape index (κ3) is 2.44. The van der Waals surface area contributed by atoms with Gasteiger partial charge in [-0.1, -0.05) is 18.2 Å². The number of carbonyl (C=O) groups is 1. The number of nitrogens with zero attached hydrogens (tertiary/aromatic N) is 1. The molecule has 3 rings (SSSR count). The van der Waals surface area contributed by atoms with Gasteiger partial charge in [0.25, 0.3) is 11.5 Å². The topological polar surface area (TPSA) is 73.4 Å². The lowest BCUT2D eigenvalue weighted by atomic mass is 10.1. The van der Waals surface area contributed by atoms with Crippen molar-refractivity contribution in [2.45, 2.75) is 0 Å². The van der Waals surface area contributed by atoms with Gasteiger partial charge >= 0.3 is 0 Å². The molecule has 0 saturated heterocycles. The Labute approximate surface area is 126 Å². The molecule has 0 aliphatic rings. The number of para-hydroxylation sites is 1. The van der Waals surface area contributed by atoms with Crippen molar-refractivity contribution in [1.82, 2.24) is 4.98 Å². The number of fused-ring (bicyclic) bond motifs is 1. The number of anilines is 1. The number of carbonyl (C=O) groups excluding carboxylic acids is 1. The van der Waals surface area contributed by atoms with E-state index in [1.54, 1.807) is 31.3 Å². The molecular weight excluding hydrogens is 280 g/mol. The number of hydrogen-bond donors (Lipinski definition) is 2. The highest BCUT2D eigenvalue weighted by atomic mass is 16.3. The van der Waals surface area contributed by atoms with Crippen molar-refractivity contribution in [3.63, 3.8) is 0 Å². The summed E-state index contributed by atoms with van der Waals surface area (Å²) >= 11 is 0. The molecule has 0 aliphatic carbocycles. The van der Waals surface area contributed by atoms with Crippen molar-refractivity contribution in [1.29, 1.82) is 0 Å². The average Bonchev–Trinajstić information content (AvgIpc) is 2.53. The van der Waals surface area contributed by atoms with Crippen LogP contribution in [0.3, 0.4) is 0 Å². The number of H-pyrrole nitrogens is 1. The first kappa shape index (κ1) is 13.9. The number of amides is 1. The first-order valence-corrected chi connectivity index (χ1v) is 6.75. The summed E-state index contributed by atoms with van der Waals surface area (Å²) in [5.41, 5.74) is 0.940. The maximum atomic E-state index is 12.5. The molecule has 0 saturated carbocycles. The van der Waals surface area contributed by atoms with E-state index < -0.39 is 11.5 Å². The quantitative estimate of drug-likeness (QED) is 0.762. The molecular formula is C17H14N2O3. The van der Waals surface area contributed by atoms with E-state index in [1.165, 1.54) is 17.0 Å². The van der Waals surface area contributed by atoms with E-state index in [1.807, 2.05) is 18.2 Å². The molecule has 3 aromatic rings. The zero-order valence-electron chi connectivity index (χ0n) is 11.9. The molecule has 2 aromatic carbocycles. The van der Waals surface area contributed by atoms with Crippen LogP contribution in [0.15, 0.2) is 59.4 Å². The molecule has 0 atom stereocenters. The lowest BCUT2D eigenvalue weighted by Gasteiger charge is -2.17. The minimum absolute atomic E-state index is 0.0780. The third-order valence-electron chi connectivity index (χ3n) is 3.53. The highest BCUT2D eigenvalue weighted by molar-refractivity contribution is 6.07. The molecule has 0 fully saturated rings. The average molecular weight is 294 g/mol. The lowest BCUT2D eigenvalue weighted by molar-refractivity contribution is 0.0991. The molecule has 1 heterocycles. The summed E-state index contributed by atoms with van der Waals surface area (Å²) in [6, 6.07) is 15.1. The normalized spacial score (nSPS) is 10.6. The number of phenols is 1. The van der Waals surface area contributed by atoms with E-state index in [0.29, 0.717) is 11.2 Å². The molecule has 22 heavy (non-hydrogen) atoms. The van der Waals surface area contributed by atoms with Gasteiger partial charge in [0, 0.05) is 18.3 Å². The number of phenolic OH excluding ortho intramolecular Hbond substituents is 1. The molecule has 0 aliphatic heterocycles. The van der Waals surface area contributed by atoms with Crippen LogP contribution in [0.5, 0.6) is 5.75 Å². The zero-order chi connectivity index (χ0) is 15.7. The molecule has 0 spiro atoms. The molecule has 110 valence electrons. The van der Waals surface area contributed by atoms with E-state index in [2.05, 4.69) is 4.98 Å². The summed E-state index contributed by atoms with van der Waals surface area (Å²) < 4.78 is 0. The number of nitrogens with one attached hydrogen (secondary N) is 1. The minimum Gasteiger partial charge on any atom is -0.508 e. The molecule has 1 aromatic heterocycles. The van der Waals surface area contributed by atoms with E-state index in [0.717, 1.165) is 5.39 Å². The second-order valence-electron chi connectivity index (χ2n) is 4.98. The maximum absolute atomic E-state index is 12.5. The largest absolute Gasteiger partial charge is 0.508 e. The summed E-state index contributed by atoms with van der Waals surface area (Å²) in [4.78, 5) is 28.7. The SMILES string of the molecule is CN(C(=O)c1cc2ccccc2[nH]c1=O)c1ccc(O)cc1. The van der Waals surface area contributed by atoms with Gasteiger partial charge in [-0.3, -0.25) is 9.59 Å². The molecule has 0 radical (unpaired) electrons. The van der Waals surface area contributed by atoms with Gasteiger partial charge in [-0.25, -0.2) is 0 Å². The number of benzene rings is 2. The van der Waals surface area contributed by atoms with E-state index in [-0.39, 0.29) is 11.3 Å². The zero-order valence-corrected chi connectivity index (χ0v) is 11.9. The molecule has 5 heteroatoms. The summed E-state index contributed by atoms with van der Waals surface area (Å²) in [7, 11) is 1.59. The van der Waals surface area contributed by atoms with Crippen molar-refractivity contribution in [3.05, 3.63) is 70.5 Å². The third-order valence-corrected chi connectivity index (χ3v) is 3.53. The number of rotatable bonds is 2. The van der Waals surface area contributed by atoms with Crippen LogP contribution < -0.4 is 10.5 Å². The van der Waals surface area contributed by atoms with Crippen LogP contribution >= 0.6 is 0 Å². The van der Waals surface area contributed by atoms with Crippen LogP contribution in [-0.4, -0.2) is 23.0 Å². The second-order valence-corrected chi connectivity index (χ2v) is 4.98. The minimum atomic E-state index is -0.422. The molecule has 2 N–H and O–H groups in total. The number of aromatic nitrogens is 1. The van der Waals surface area contributed by atoms with Gasteiger partial charge in [-0.2, -0.15) is 0 Å². The fraction of sp³-hybridized carbons (Fsp3) is 0.0588. The highest BCUT2D eigenvalue weighted by Crippen LogP contribution is 2.19. The van der Waals surface area contributed by atoms with E-state index in [9.17, 15) is 14.7 Å². The fourth-order valence-corrected chi connectivity index (χ4v) is 2.28. The van der Waals surface area contributed by atoms with Gasteiger partial charge < -0.3 is 15.0 Å². The molecule has 0 unspecified atom stereocenters. The van der Waals surface area contributed by atoms with Gasteiger partial charge in [-0.05, 0) is 41.8 Å². The lowest BCUT2D eigenvalue weighted by Crippen LogP contribution is -2.31. The van der Waals surface area contributed by atoms with Crippen LogP contribution in [0.1, 0.15) is 10.4 Å². The predicted octanol–water partition coefficient (Wildman–Crippen LogP) is 2.51. The summed E-state index contributed by atoms with van der Waals surface area (Å²) in [5.74, 6) is -0.286. The van der Waals surface area contributed by atoms with Crippen LogP contribution in [0.25, 0.3) is 10.9 Å². The van der Waals surface area contributed by atoms with Crippen molar-refractivity contribution >= 4 is 22.5 Å². The van der Waals surface area contributed by atoms with Gasteiger partial charge in [0.2, 0.25) is 0 Å². The Balaban J connectivity index is 2.02. The molecule has 0 bridgehead atoms. The molecule has 5 nitrogen and oxygen atoms in total. The smallest absolute Gasteiger partial charge is 0.263 e. The second kappa shape index (κ2) is 5.37. The summed E-state index contributed by atoms with van der Waals surface area (Å²) in [5, 5.41) is 10.1. The van der Waals surface area contributed by atoms with Crippen LogP contribution in [0.4, 0.5) is 5.69 Å². The van der Waals surface area contributed by atoms with Gasteiger partial charge in [0.15, 0.2) is 0 Å². The van der Waals surface area contributed by atoms with Crippen molar-refractivity contribution in [3.8, 4) is 5.75 Å². The number of aromatic amines is 1. The number of aromatic hydroxyl groups is 1. The summed E-state index contributed by atoms with van der Waals surface area (Å²) in [6.07, 6.45) is 0. The Morgan fingerprint density at radius 3 is 2.50 bits per heavy atom. The van der Waals surface area contributed by atoms with E-state index in [4.69, 9.17) is 0 Å². The Kier molecular flexibility index (Phi) is 3.39. The molecule has 1 amide bonds. The van der Waals surface area contributed by atoms with Crippen molar-refractivity contribution in [2.24, 2.45) is 0 Å². The standard InChI is InChI=1S/C17H14N2O3/c1-19(12-6-8-13(20)9-7-12)17(22)14-10-11-4-2-3-5-15(11)18-16(14)21/h2-10,20H,1H3,(H,18,21). The monoisotopic (exact) mass is 294 g/mol. The van der Waals surface area contributed by atoms with Crippen LogP contribution in [-0.2, 0) is 0 Å². The maximum Gasteiger partial charge on any atom is 0.263 e. The van der Waals surface area contributed by atoms with Gasteiger partial charge in [0.05, 0.1) is 0 Å². The fourth-order valence-electron chi connectivity index (χ4n) is 2.28. The number of hydrogen-bond acceptors (Lipinski definition) is 3. The Hall–Kier alpha value is -3.08. The predicted molar refractivity (Wildman–Crippen MR) is 85.4 cm³/mol. The van der Waals surface area contributed by atoms with E-state index >= 15 is 0 Å². The van der Waals surface area contributed by atoms with Crippen molar-refractivity contribution in [2.75, 3.05) is 11.9 Å². The van der Waals surface area contributed by atoms with Gasteiger partial charge in [0.1, 0.15) is 11.3 Å². The summed E-state index contributed by atoms with van der Waals surface area (Å²) in [6.45, 7) is 0. The highest BCUT2D eigenvalue weighted by Gasteiger charge is 2.17. The Bertz CT molecular complexity index is 898.